The number of aryl methyl sites for hydroxylation is 1. The van der Waals surface area contributed by atoms with Gasteiger partial charge in [-0.3, -0.25) is 9.89 Å². The standard InChI is InChI=1S/C31H34FN9O2/c1-18-14-26-24(15-34-38-26)27(19(18)2)25-8-7-23-28(35-25)36-31(43-17-22-6-5-11-39(22)4)37-29(23)40-12-13-41(30(42)20(3)32)21(16-40)9-10-33/h7-8,14-15,21-22H,3,5-6,9,11-13,16-17H2,1-2,4H3,(H,34,38)/t21-,22-/m0/s1. The van der Waals surface area contributed by atoms with Crippen molar-refractivity contribution in [3.05, 3.63) is 47.9 Å². The van der Waals surface area contributed by atoms with Crippen LogP contribution < -0.4 is 9.64 Å². The van der Waals surface area contributed by atoms with E-state index in [2.05, 4.69) is 54.7 Å². The van der Waals surface area contributed by atoms with Gasteiger partial charge in [0.25, 0.3) is 5.91 Å². The zero-order valence-electron chi connectivity index (χ0n) is 24.6. The summed E-state index contributed by atoms with van der Waals surface area (Å²) in [7, 11) is 2.09. The van der Waals surface area contributed by atoms with Gasteiger partial charge in [0.15, 0.2) is 11.5 Å². The monoisotopic (exact) mass is 583 g/mol. The number of hydrogen-bond donors (Lipinski definition) is 1. The highest BCUT2D eigenvalue weighted by Crippen LogP contribution is 2.35. The lowest BCUT2D eigenvalue weighted by Crippen LogP contribution is -2.55. The fourth-order valence-corrected chi connectivity index (χ4v) is 6.19. The maximum absolute atomic E-state index is 13.8. The SMILES string of the molecule is C=C(F)C(=O)N1CCN(c2nc(OC[C@@H]3CCCN3C)nc3nc(-c4c(C)c(C)cc5[nH]ncc45)ccc23)C[C@@H]1CC#N. The number of carbonyl (C=O) groups is 1. The number of nitriles is 1. The number of piperazine rings is 1. The smallest absolute Gasteiger partial charge is 0.320 e. The van der Waals surface area contributed by atoms with Crippen LogP contribution in [0.25, 0.3) is 33.2 Å². The summed E-state index contributed by atoms with van der Waals surface area (Å²) < 4.78 is 20.0. The normalized spacial score (nSPS) is 19.2. The fourth-order valence-electron chi connectivity index (χ4n) is 6.19. The number of nitrogens with one attached hydrogen (secondary N) is 1. The summed E-state index contributed by atoms with van der Waals surface area (Å²) in [5.41, 5.74) is 5.36. The number of ether oxygens (including phenoxy) is 1. The molecule has 1 aromatic carbocycles. The first-order valence-corrected chi connectivity index (χ1v) is 14.5. The van der Waals surface area contributed by atoms with Crippen LogP contribution in [0.4, 0.5) is 10.2 Å². The van der Waals surface area contributed by atoms with Crippen molar-refractivity contribution in [1.82, 2.24) is 34.9 Å². The molecule has 222 valence electrons. The van der Waals surface area contributed by atoms with Gasteiger partial charge in [-0.2, -0.15) is 20.3 Å². The van der Waals surface area contributed by atoms with Crippen LogP contribution in [-0.2, 0) is 4.79 Å². The first-order valence-electron chi connectivity index (χ1n) is 14.5. The maximum atomic E-state index is 13.8. The molecule has 11 nitrogen and oxygen atoms in total. The van der Waals surface area contributed by atoms with Crippen LogP contribution >= 0.6 is 0 Å². The molecule has 0 saturated carbocycles. The Morgan fingerprint density at radius 2 is 2.02 bits per heavy atom. The second-order valence-electron chi connectivity index (χ2n) is 11.4. The third-order valence-corrected chi connectivity index (χ3v) is 8.72. The molecule has 2 saturated heterocycles. The van der Waals surface area contributed by atoms with Crippen molar-refractivity contribution in [2.45, 2.75) is 45.2 Å². The number of halogens is 1. The third kappa shape index (κ3) is 5.36. The molecule has 6 rings (SSSR count). The molecule has 2 atom stereocenters. The van der Waals surface area contributed by atoms with Gasteiger partial charge in [0.05, 0.1) is 41.3 Å². The van der Waals surface area contributed by atoms with E-state index in [-0.39, 0.29) is 31.6 Å². The van der Waals surface area contributed by atoms with E-state index in [9.17, 15) is 14.4 Å². The number of nitrogens with zero attached hydrogens (tertiary/aromatic N) is 8. The lowest BCUT2D eigenvalue weighted by molar-refractivity contribution is -0.131. The number of likely N-dealkylation sites (tertiary alicyclic amines) is 1. The van der Waals surface area contributed by atoms with Crippen LogP contribution in [-0.4, -0.2) is 92.8 Å². The van der Waals surface area contributed by atoms with Crippen molar-refractivity contribution in [3.8, 4) is 23.3 Å². The zero-order chi connectivity index (χ0) is 30.2. The second kappa shape index (κ2) is 11.6. The Morgan fingerprint density at radius 1 is 1.19 bits per heavy atom. The number of pyridine rings is 1. The van der Waals surface area contributed by atoms with Gasteiger partial charge in [-0.15, -0.1) is 0 Å². The number of aromatic amines is 1. The van der Waals surface area contributed by atoms with Crippen LogP contribution in [0.1, 0.15) is 30.4 Å². The number of H-pyrrole nitrogens is 1. The minimum Gasteiger partial charge on any atom is -0.462 e. The molecule has 3 aromatic heterocycles. The topological polar surface area (TPSA) is 127 Å². The van der Waals surface area contributed by atoms with Gasteiger partial charge in [0.1, 0.15) is 12.4 Å². The molecule has 1 amide bonds. The van der Waals surface area contributed by atoms with Crippen molar-refractivity contribution >= 4 is 33.7 Å². The molecule has 0 spiro atoms. The minimum absolute atomic E-state index is 0.0473. The summed E-state index contributed by atoms with van der Waals surface area (Å²) in [4.78, 5) is 32.7. The zero-order valence-corrected chi connectivity index (χ0v) is 24.6. The van der Waals surface area contributed by atoms with E-state index in [1.807, 2.05) is 23.2 Å². The quantitative estimate of drug-likeness (QED) is 0.320. The molecule has 0 bridgehead atoms. The number of carbonyl (C=O) groups excluding carboxylic acids is 1. The molecule has 2 aliphatic rings. The molecule has 2 aliphatic heterocycles. The highest BCUT2D eigenvalue weighted by atomic mass is 19.1. The summed E-state index contributed by atoms with van der Waals surface area (Å²) in [6.45, 7) is 9.66. The Labute approximate surface area is 249 Å². The molecular weight excluding hydrogens is 549 g/mol. The molecule has 5 heterocycles. The number of aromatic nitrogens is 5. The van der Waals surface area contributed by atoms with Gasteiger partial charge in [-0.25, -0.2) is 9.37 Å². The van der Waals surface area contributed by atoms with Gasteiger partial charge in [-0.1, -0.05) is 6.58 Å². The molecule has 0 unspecified atom stereocenters. The summed E-state index contributed by atoms with van der Waals surface area (Å²) in [5, 5.41) is 18.5. The van der Waals surface area contributed by atoms with E-state index in [4.69, 9.17) is 19.7 Å². The van der Waals surface area contributed by atoms with E-state index in [0.29, 0.717) is 30.0 Å². The van der Waals surface area contributed by atoms with Gasteiger partial charge >= 0.3 is 6.01 Å². The first-order chi connectivity index (χ1) is 20.7. The maximum Gasteiger partial charge on any atom is 0.320 e. The Hall–Kier alpha value is -4.63. The van der Waals surface area contributed by atoms with Crippen LogP contribution in [0.2, 0.25) is 0 Å². The molecular formula is C31H34FN9O2. The minimum atomic E-state index is -1.04. The average molecular weight is 584 g/mol. The summed E-state index contributed by atoms with van der Waals surface area (Å²) in [5.74, 6) is -1.23. The van der Waals surface area contributed by atoms with Gasteiger partial charge < -0.3 is 19.4 Å². The highest BCUT2D eigenvalue weighted by molar-refractivity contribution is 5.98. The molecule has 2 fully saturated rings. The lowest BCUT2D eigenvalue weighted by Gasteiger charge is -2.41. The van der Waals surface area contributed by atoms with E-state index in [0.717, 1.165) is 52.7 Å². The van der Waals surface area contributed by atoms with Crippen LogP contribution in [0.15, 0.2) is 36.8 Å². The predicted octanol–water partition coefficient (Wildman–Crippen LogP) is 4.07. The van der Waals surface area contributed by atoms with E-state index < -0.39 is 17.8 Å². The van der Waals surface area contributed by atoms with Crippen LogP contribution in [0.5, 0.6) is 6.01 Å². The van der Waals surface area contributed by atoms with Crippen LogP contribution in [0, 0.1) is 25.2 Å². The fraction of sp³-hybridized carbons (Fsp3) is 0.419. The van der Waals surface area contributed by atoms with Crippen LogP contribution in [0.3, 0.4) is 0 Å². The van der Waals surface area contributed by atoms with Crippen molar-refractivity contribution in [3.63, 3.8) is 0 Å². The van der Waals surface area contributed by atoms with Crippen molar-refractivity contribution in [1.29, 1.82) is 5.26 Å². The average Bonchev–Trinajstić information content (AvgIpc) is 3.63. The largest absolute Gasteiger partial charge is 0.462 e. The van der Waals surface area contributed by atoms with E-state index in [1.54, 1.807) is 0 Å². The number of amides is 1. The Balaban J connectivity index is 1.42. The summed E-state index contributed by atoms with van der Waals surface area (Å²) in [6, 6.07) is 8.08. The number of hydrogen-bond acceptors (Lipinski definition) is 9. The Kier molecular flexibility index (Phi) is 7.66. The second-order valence-corrected chi connectivity index (χ2v) is 11.4. The van der Waals surface area contributed by atoms with Crippen molar-refractivity contribution in [2.75, 3.05) is 44.7 Å². The summed E-state index contributed by atoms with van der Waals surface area (Å²) in [6.07, 6.45) is 4.01. The highest BCUT2D eigenvalue weighted by Gasteiger charge is 2.33. The predicted molar refractivity (Wildman–Crippen MR) is 161 cm³/mol. The molecule has 4 aromatic rings. The number of likely N-dealkylation sites (N-methyl/N-ethyl adjacent to an activating group) is 1. The lowest BCUT2D eigenvalue weighted by atomic mass is 9.96. The molecule has 0 radical (unpaired) electrons. The van der Waals surface area contributed by atoms with Crippen molar-refractivity contribution in [2.24, 2.45) is 0 Å². The molecule has 43 heavy (non-hydrogen) atoms. The molecule has 1 N–H and O–H groups in total. The Bertz CT molecular complexity index is 1760. The van der Waals surface area contributed by atoms with Gasteiger partial charge in [-0.05, 0) is 69.6 Å². The van der Waals surface area contributed by atoms with E-state index in [1.165, 1.54) is 4.90 Å². The van der Waals surface area contributed by atoms with Gasteiger partial charge in [0.2, 0.25) is 0 Å². The summed E-state index contributed by atoms with van der Waals surface area (Å²) >= 11 is 0. The molecule has 12 heteroatoms. The number of anilines is 1. The van der Waals surface area contributed by atoms with Gasteiger partial charge in [0, 0.05) is 36.6 Å². The van der Waals surface area contributed by atoms with Crippen molar-refractivity contribution < 1.29 is 13.9 Å². The number of rotatable bonds is 7. The molecule has 0 aliphatic carbocycles. The first kappa shape index (κ1) is 28.5. The Morgan fingerprint density at radius 3 is 2.77 bits per heavy atom. The number of benzene rings is 1. The third-order valence-electron chi connectivity index (χ3n) is 8.72. The number of fused-ring (bicyclic) bond motifs is 2. The van der Waals surface area contributed by atoms with E-state index >= 15 is 0 Å².